The molecule has 0 unspecified atom stereocenters. The average Bonchev–Trinajstić information content (AvgIpc) is 1.73. The molecule has 2 heteroatoms. The first-order chi connectivity index (χ1) is 3.27. The van der Waals surface area contributed by atoms with Gasteiger partial charge in [0.15, 0.2) is 0 Å². The molecule has 0 bridgehead atoms. The van der Waals surface area contributed by atoms with Crippen LogP contribution in [0.3, 0.4) is 0 Å². The molecule has 0 radical (unpaired) electrons. The van der Waals surface area contributed by atoms with Gasteiger partial charge in [-0.3, -0.25) is 0 Å². The third-order valence-electron chi connectivity index (χ3n) is 0.348. The fourth-order valence-electron chi connectivity index (χ4n) is 0. The molecule has 0 atom stereocenters. The molecule has 0 amide bonds. The van der Waals surface area contributed by atoms with E-state index in [0.29, 0.717) is 0 Å². The van der Waals surface area contributed by atoms with Crippen molar-refractivity contribution < 1.29 is 19.8 Å². The first-order valence-electron chi connectivity index (χ1n) is 1.69. The molecule has 0 aromatic carbocycles. The number of rotatable bonds is 1. The Balaban J connectivity index is 0. The van der Waals surface area contributed by atoms with Gasteiger partial charge in [0.2, 0.25) is 0 Å². The molecule has 0 aromatic heterocycles. The van der Waals surface area contributed by atoms with E-state index in [1.807, 2.05) is 22.9 Å². The van der Waals surface area contributed by atoms with E-state index in [4.69, 9.17) is 3.83 Å². The van der Waals surface area contributed by atoms with Crippen molar-refractivity contribution in [2.45, 2.75) is 6.92 Å². The SMILES string of the molecule is C=CC(=C)C.[O]=[Fe]. The predicted molar refractivity (Wildman–Crippen MR) is 25.7 cm³/mol. The van der Waals surface area contributed by atoms with Gasteiger partial charge >= 0.3 is 19.8 Å². The van der Waals surface area contributed by atoms with Gasteiger partial charge in [0, 0.05) is 0 Å². The van der Waals surface area contributed by atoms with Gasteiger partial charge in [0.05, 0.1) is 0 Å². The molecule has 0 aliphatic heterocycles. The summed E-state index contributed by atoms with van der Waals surface area (Å²) in [4.78, 5) is 0. The summed E-state index contributed by atoms with van der Waals surface area (Å²) < 4.78 is 8.00. The summed E-state index contributed by atoms with van der Waals surface area (Å²) in [5.74, 6) is 0. The first-order valence-corrected chi connectivity index (χ1v) is 2.15. The molecule has 0 N–H and O–H groups in total. The molecule has 1 nitrogen and oxygen atoms in total. The van der Waals surface area contributed by atoms with Crippen LogP contribution in [0.2, 0.25) is 0 Å². The van der Waals surface area contributed by atoms with Gasteiger partial charge in [-0.05, 0) is 6.92 Å². The molecular formula is C5H8FeO. The molecule has 0 aromatic rings. The van der Waals surface area contributed by atoms with E-state index >= 15 is 0 Å². The number of allylic oxidation sites excluding steroid dienone is 2. The molecule has 0 fully saturated rings. The second kappa shape index (κ2) is 9.25. The number of hydrogen-bond acceptors (Lipinski definition) is 1. The summed E-state index contributed by atoms with van der Waals surface area (Å²) in [6.07, 6.45) is 1.72. The van der Waals surface area contributed by atoms with Crippen molar-refractivity contribution in [2.24, 2.45) is 0 Å². The topological polar surface area (TPSA) is 17.1 Å². The van der Waals surface area contributed by atoms with Gasteiger partial charge < -0.3 is 0 Å². The third kappa shape index (κ3) is 25.9. The standard InChI is InChI=1S/C5H8.Fe.O/c1-4-5(2)3;;/h4H,1-2H2,3H3;;. The van der Waals surface area contributed by atoms with E-state index in [1.54, 1.807) is 6.08 Å². The van der Waals surface area contributed by atoms with Crippen molar-refractivity contribution in [3.63, 3.8) is 0 Å². The molecule has 7 heavy (non-hydrogen) atoms. The second-order valence-electron chi connectivity index (χ2n) is 1.05. The minimum absolute atomic E-state index is 1.02. The predicted octanol–water partition coefficient (Wildman–Crippen LogP) is 1.63. The van der Waals surface area contributed by atoms with E-state index in [-0.39, 0.29) is 0 Å². The normalized spacial score (nSPS) is 5.43. The van der Waals surface area contributed by atoms with Crippen LogP contribution in [0, 0.1) is 0 Å². The monoisotopic (exact) mass is 140 g/mol. The summed E-state index contributed by atoms with van der Waals surface area (Å²) in [5, 5.41) is 0. The van der Waals surface area contributed by atoms with Crippen LogP contribution < -0.4 is 0 Å². The molecule has 0 rings (SSSR count). The molecular weight excluding hydrogens is 132 g/mol. The van der Waals surface area contributed by atoms with Crippen LogP contribution >= 0.6 is 0 Å². The van der Waals surface area contributed by atoms with Crippen molar-refractivity contribution in [1.29, 1.82) is 0 Å². The summed E-state index contributed by atoms with van der Waals surface area (Å²) >= 11 is 2.00. The second-order valence-corrected chi connectivity index (χ2v) is 1.05. The van der Waals surface area contributed by atoms with Gasteiger partial charge in [-0.25, -0.2) is 0 Å². The van der Waals surface area contributed by atoms with E-state index in [2.05, 4.69) is 13.2 Å². The quantitative estimate of drug-likeness (QED) is 0.399. The minimum atomic E-state index is 1.02. The number of hydrogen-bond donors (Lipinski definition) is 0. The van der Waals surface area contributed by atoms with Crippen molar-refractivity contribution in [3.8, 4) is 0 Å². The van der Waals surface area contributed by atoms with Gasteiger partial charge in [-0.1, -0.05) is 24.8 Å². The zero-order chi connectivity index (χ0) is 6.28. The maximum atomic E-state index is 8.00. The molecule has 42 valence electrons. The molecule has 0 spiro atoms. The van der Waals surface area contributed by atoms with Crippen molar-refractivity contribution in [3.05, 3.63) is 24.8 Å². The Hall–Kier alpha value is -0.201. The van der Waals surface area contributed by atoms with Crippen LogP contribution in [0.15, 0.2) is 24.8 Å². The van der Waals surface area contributed by atoms with Gasteiger partial charge in [0.25, 0.3) is 0 Å². The van der Waals surface area contributed by atoms with Crippen LogP contribution in [0.25, 0.3) is 0 Å². The molecule has 0 aliphatic carbocycles. The molecule has 0 heterocycles. The fourth-order valence-corrected chi connectivity index (χ4v) is 0. The zero-order valence-electron chi connectivity index (χ0n) is 4.25. The van der Waals surface area contributed by atoms with E-state index in [1.165, 1.54) is 0 Å². The Bertz CT molecular complexity index is 68.5. The summed E-state index contributed by atoms with van der Waals surface area (Å²) in [5.41, 5.74) is 1.02. The summed E-state index contributed by atoms with van der Waals surface area (Å²) in [7, 11) is 0. The van der Waals surface area contributed by atoms with Gasteiger partial charge in [-0.2, -0.15) is 0 Å². The van der Waals surface area contributed by atoms with E-state index in [0.717, 1.165) is 5.57 Å². The fraction of sp³-hybridized carbons (Fsp3) is 0.200. The Labute approximate surface area is 52.1 Å². The van der Waals surface area contributed by atoms with Gasteiger partial charge in [0.1, 0.15) is 0 Å². The van der Waals surface area contributed by atoms with Crippen molar-refractivity contribution in [2.75, 3.05) is 0 Å². The van der Waals surface area contributed by atoms with E-state index in [9.17, 15) is 0 Å². The van der Waals surface area contributed by atoms with Crippen LogP contribution in [-0.2, 0) is 19.8 Å². The summed E-state index contributed by atoms with van der Waals surface area (Å²) in [6, 6.07) is 0. The van der Waals surface area contributed by atoms with Gasteiger partial charge in [-0.15, -0.1) is 0 Å². The van der Waals surface area contributed by atoms with Crippen LogP contribution in [0.4, 0.5) is 0 Å². The Morgan fingerprint density at radius 2 is 1.86 bits per heavy atom. The maximum absolute atomic E-state index is 8.00. The van der Waals surface area contributed by atoms with Crippen LogP contribution in [0.1, 0.15) is 6.92 Å². The Morgan fingerprint density at radius 3 is 1.86 bits per heavy atom. The first kappa shape index (κ1) is 9.93. The van der Waals surface area contributed by atoms with E-state index < -0.39 is 0 Å². The molecule has 0 aliphatic rings. The third-order valence-corrected chi connectivity index (χ3v) is 0.348. The van der Waals surface area contributed by atoms with Crippen molar-refractivity contribution >= 4 is 0 Å². The zero-order valence-corrected chi connectivity index (χ0v) is 5.36. The van der Waals surface area contributed by atoms with Crippen molar-refractivity contribution in [1.82, 2.24) is 0 Å². The van der Waals surface area contributed by atoms with Crippen LogP contribution in [-0.4, -0.2) is 0 Å². The average molecular weight is 140 g/mol. The Kier molecular flexibility index (Phi) is 13.1. The molecule has 0 saturated carbocycles. The molecule has 0 saturated heterocycles. The van der Waals surface area contributed by atoms with Crippen LogP contribution in [0.5, 0.6) is 0 Å². The Morgan fingerprint density at radius 1 is 1.71 bits per heavy atom. The summed E-state index contributed by atoms with van der Waals surface area (Å²) in [6.45, 7) is 8.93.